The van der Waals surface area contributed by atoms with E-state index in [0.29, 0.717) is 0 Å². The van der Waals surface area contributed by atoms with Crippen molar-refractivity contribution in [3.05, 3.63) is 35.4 Å². The van der Waals surface area contributed by atoms with Crippen LogP contribution in [0.5, 0.6) is 0 Å². The van der Waals surface area contributed by atoms with E-state index >= 15 is 0 Å². The zero-order chi connectivity index (χ0) is 8.97. The summed E-state index contributed by atoms with van der Waals surface area (Å²) in [6.07, 6.45) is 1.28. The second kappa shape index (κ2) is 4.27. The Morgan fingerprint density at radius 1 is 1.42 bits per heavy atom. The molecule has 1 aromatic rings. The van der Waals surface area contributed by atoms with Gasteiger partial charge in [-0.3, -0.25) is 0 Å². The largest absolute Gasteiger partial charge is 0.377 e. The summed E-state index contributed by atoms with van der Waals surface area (Å²) < 4.78 is 5.34. The zero-order valence-corrected chi connectivity index (χ0v) is 8.00. The molecular formula is C11H16O. The highest BCUT2D eigenvalue weighted by Gasteiger charge is 2.06. The Morgan fingerprint density at radius 2 is 2.17 bits per heavy atom. The average Bonchev–Trinajstić information content (AvgIpc) is 2.07. The number of hydrogen-bond donors (Lipinski definition) is 0. The minimum Gasteiger partial charge on any atom is -0.377 e. The standard InChI is InChI=1S/C11H16O/c1-4-11(12-3)10-7-5-6-9(2)8-10/h5-8,11H,4H2,1-3H3. The lowest BCUT2D eigenvalue weighted by Crippen LogP contribution is -1.99. The third-order valence-electron chi connectivity index (χ3n) is 2.07. The SMILES string of the molecule is CCC(OC)c1cccc(C)c1. The highest BCUT2D eigenvalue weighted by atomic mass is 16.5. The normalized spacial score (nSPS) is 12.9. The monoisotopic (exact) mass is 164 g/mol. The Balaban J connectivity index is 2.85. The Morgan fingerprint density at radius 3 is 2.67 bits per heavy atom. The van der Waals surface area contributed by atoms with E-state index in [0.717, 1.165) is 6.42 Å². The van der Waals surface area contributed by atoms with E-state index < -0.39 is 0 Å². The van der Waals surface area contributed by atoms with E-state index in [-0.39, 0.29) is 6.10 Å². The molecule has 1 heteroatoms. The third-order valence-corrected chi connectivity index (χ3v) is 2.07. The number of methoxy groups -OCH3 is 1. The molecule has 12 heavy (non-hydrogen) atoms. The van der Waals surface area contributed by atoms with Gasteiger partial charge in [-0.2, -0.15) is 0 Å². The number of ether oxygens (including phenoxy) is 1. The van der Waals surface area contributed by atoms with Crippen molar-refractivity contribution < 1.29 is 4.74 Å². The molecule has 1 unspecified atom stereocenters. The Bertz CT molecular complexity index is 239. The molecule has 0 aromatic heterocycles. The van der Waals surface area contributed by atoms with Gasteiger partial charge in [0.2, 0.25) is 0 Å². The van der Waals surface area contributed by atoms with Gasteiger partial charge >= 0.3 is 0 Å². The summed E-state index contributed by atoms with van der Waals surface area (Å²) in [5, 5.41) is 0. The van der Waals surface area contributed by atoms with Crippen molar-refractivity contribution in [1.82, 2.24) is 0 Å². The fraction of sp³-hybridized carbons (Fsp3) is 0.455. The molecule has 1 rings (SSSR count). The molecule has 0 amide bonds. The third kappa shape index (κ3) is 2.08. The number of benzene rings is 1. The molecule has 1 nitrogen and oxygen atoms in total. The van der Waals surface area contributed by atoms with Gasteiger partial charge in [0.15, 0.2) is 0 Å². The maximum atomic E-state index is 5.34. The average molecular weight is 164 g/mol. The second-order valence-corrected chi connectivity index (χ2v) is 3.05. The minimum atomic E-state index is 0.255. The summed E-state index contributed by atoms with van der Waals surface area (Å²) in [7, 11) is 1.76. The van der Waals surface area contributed by atoms with Crippen molar-refractivity contribution in [3.8, 4) is 0 Å². The van der Waals surface area contributed by atoms with Crippen LogP contribution >= 0.6 is 0 Å². The molecule has 1 aromatic carbocycles. The van der Waals surface area contributed by atoms with Crippen LogP contribution in [0.15, 0.2) is 24.3 Å². The lowest BCUT2D eigenvalue weighted by atomic mass is 10.1. The molecule has 0 aliphatic carbocycles. The van der Waals surface area contributed by atoms with Crippen LogP contribution in [0.2, 0.25) is 0 Å². The smallest absolute Gasteiger partial charge is 0.0818 e. The molecule has 0 spiro atoms. The van der Waals surface area contributed by atoms with Gasteiger partial charge in [0, 0.05) is 7.11 Å². The van der Waals surface area contributed by atoms with Gasteiger partial charge in [-0.25, -0.2) is 0 Å². The van der Waals surface area contributed by atoms with Gasteiger partial charge in [-0.05, 0) is 18.9 Å². The van der Waals surface area contributed by atoms with Crippen LogP contribution in [0.3, 0.4) is 0 Å². The first kappa shape index (κ1) is 9.27. The first-order chi connectivity index (χ1) is 5.77. The lowest BCUT2D eigenvalue weighted by Gasteiger charge is -2.13. The molecule has 0 aliphatic heterocycles. The molecule has 0 saturated heterocycles. The summed E-state index contributed by atoms with van der Waals surface area (Å²) in [5.41, 5.74) is 2.57. The molecule has 0 heterocycles. The van der Waals surface area contributed by atoms with Crippen LogP contribution in [0.1, 0.15) is 30.6 Å². The van der Waals surface area contributed by atoms with E-state index in [1.165, 1.54) is 11.1 Å². The first-order valence-electron chi connectivity index (χ1n) is 4.37. The summed E-state index contributed by atoms with van der Waals surface area (Å²) in [6, 6.07) is 8.47. The minimum absolute atomic E-state index is 0.255. The van der Waals surface area contributed by atoms with Crippen molar-refractivity contribution in [2.24, 2.45) is 0 Å². The van der Waals surface area contributed by atoms with Gasteiger partial charge in [0.05, 0.1) is 6.10 Å². The topological polar surface area (TPSA) is 9.23 Å². The van der Waals surface area contributed by atoms with Crippen molar-refractivity contribution in [1.29, 1.82) is 0 Å². The predicted molar refractivity (Wildman–Crippen MR) is 51.2 cm³/mol. The fourth-order valence-electron chi connectivity index (χ4n) is 1.41. The van der Waals surface area contributed by atoms with Crippen molar-refractivity contribution in [2.45, 2.75) is 26.4 Å². The van der Waals surface area contributed by atoms with Gasteiger partial charge in [0.25, 0.3) is 0 Å². The Kier molecular flexibility index (Phi) is 3.30. The summed E-state index contributed by atoms with van der Waals surface area (Å²) in [4.78, 5) is 0. The molecular weight excluding hydrogens is 148 g/mol. The zero-order valence-electron chi connectivity index (χ0n) is 8.00. The molecule has 0 bridgehead atoms. The first-order valence-corrected chi connectivity index (χ1v) is 4.37. The molecule has 0 radical (unpaired) electrons. The van der Waals surface area contributed by atoms with Crippen molar-refractivity contribution >= 4 is 0 Å². The van der Waals surface area contributed by atoms with Gasteiger partial charge < -0.3 is 4.74 Å². The molecule has 0 aliphatic rings. The van der Waals surface area contributed by atoms with Crippen LogP contribution in [-0.2, 0) is 4.74 Å². The number of aryl methyl sites for hydroxylation is 1. The van der Waals surface area contributed by atoms with Crippen LogP contribution in [0.4, 0.5) is 0 Å². The Labute approximate surface area is 74.4 Å². The van der Waals surface area contributed by atoms with Crippen molar-refractivity contribution in [2.75, 3.05) is 7.11 Å². The van der Waals surface area contributed by atoms with E-state index in [4.69, 9.17) is 4.74 Å². The van der Waals surface area contributed by atoms with Crippen LogP contribution < -0.4 is 0 Å². The molecule has 66 valence electrons. The van der Waals surface area contributed by atoms with E-state index in [1.54, 1.807) is 7.11 Å². The molecule has 0 saturated carbocycles. The highest BCUT2D eigenvalue weighted by molar-refractivity contribution is 5.24. The van der Waals surface area contributed by atoms with Crippen LogP contribution in [0, 0.1) is 6.92 Å². The van der Waals surface area contributed by atoms with Crippen LogP contribution in [-0.4, -0.2) is 7.11 Å². The van der Waals surface area contributed by atoms with Gasteiger partial charge in [0.1, 0.15) is 0 Å². The second-order valence-electron chi connectivity index (χ2n) is 3.05. The maximum absolute atomic E-state index is 5.34. The maximum Gasteiger partial charge on any atom is 0.0818 e. The van der Waals surface area contributed by atoms with E-state index in [1.807, 2.05) is 0 Å². The molecule has 1 atom stereocenters. The van der Waals surface area contributed by atoms with E-state index in [9.17, 15) is 0 Å². The fourth-order valence-corrected chi connectivity index (χ4v) is 1.41. The number of hydrogen-bond acceptors (Lipinski definition) is 1. The molecule has 0 N–H and O–H groups in total. The predicted octanol–water partition coefficient (Wildman–Crippen LogP) is 3.09. The summed E-state index contributed by atoms with van der Waals surface area (Å²) in [6.45, 7) is 4.24. The quantitative estimate of drug-likeness (QED) is 0.667. The van der Waals surface area contributed by atoms with Crippen LogP contribution in [0.25, 0.3) is 0 Å². The van der Waals surface area contributed by atoms with Gasteiger partial charge in [-0.15, -0.1) is 0 Å². The summed E-state index contributed by atoms with van der Waals surface area (Å²) >= 11 is 0. The molecule has 0 fully saturated rings. The Hall–Kier alpha value is -0.820. The van der Waals surface area contributed by atoms with E-state index in [2.05, 4.69) is 38.1 Å². The van der Waals surface area contributed by atoms with Crippen molar-refractivity contribution in [3.63, 3.8) is 0 Å². The van der Waals surface area contributed by atoms with Gasteiger partial charge in [-0.1, -0.05) is 36.8 Å². The highest BCUT2D eigenvalue weighted by Crippen LogP contribution is 2.20. The number of rotatable bonds is 3. The summed E-state index contributed by atoms with van der Waals surface area (Å²) in [5.74, 6) is 0. The lowest BCUT2D eigenvalue weighted by molar-refractivity contribution is 0.1000.